The summed E-state index contributed by atoms with van der Waals surface area (Å²) < 4.78 is 22.0. The Balaban J connectivity index is 1.38. The number of Topliss-reactive ketones (excluding diaryl/α,β-unsaturated/α-hetero) is 1. The molecule has 156 valence electrons. The van der Waals surface area contributed by atoms with Gasteiger partial charge in [0.05, 0.1) is 18.6 Å². The minimum absolute atomic E-state index is 0.125. The summed E-state index contributed by atoms with van der Waals surface area (Å²) in [7, 11) is 0. The van der Waals surface area contributed by atoms with Gasteiger partial charge in [0.1, 0.15) is 17.2 Å². The first-order valence-corrected chi connectivity index (χ1v) is 10.7. The third-order valence-corrected chi connectivity index (χ3v) is 5.86. The van der Waals surface area contributed by atoms with Crippen LogP contribution < -0.4 is 14.2 Å². The molecule has 2 aromatic carbocycles. The Kier molecular flexibility index (Phi) is 5.23. The van der Waals surface area contributed by atoms with E-state index in [1.54, 1.807) is 30.3 Å². The summed E-state index contributed by atoms with van der Waals surface area (Å²) in [5, 5.41) is 2.41. The van der Waals surface area contributed by atoms with Gasteiger partial charge < -0.3 is 18.9 Å². The molecule has 0 radical (unpaired) electrons. The Morgan fingerprint density at radius 2 is 2.13 bits per heavy atom. The number of ketones is 1. The maximum Gasteiger partial charge on any atom is 0.316 e. The highest BCUT2D eigenvalue weighted by Crippen LogP contribution is 2.38. The molecule has 0 atom stereocenters. The number of halogens is 1. The largest absolute Gasteiger partial charge is 0.467 e. The van der Waals surface area contributed by atoms with E-state index in [0.29, 0.717) is 40.0 Å². The van der Waals surface area contributed by atoms with Gasteiger partial charge in [0.2, 0.25) is 5.78 Å². The molecule has 0 N–H and O–H groups in total. The molecule has 2 aliphatic heterocycles. The summed E-state index contributed by atoms with van der Waals surface area (Å²) in [5.74, 6) is 0.739. The van der Waals surface area contributed by atoms with Crippen molar-refractivity contribution in [2.75, 3.05) is 6.79 Å². The van der Waals surface area contributed by atoms with Crippen molar-refractivity contribution in [3.8, 4) is 17.2 Å². The van der Waals surface area contributed by atoms with E-state index in [2.05, 4.69) is 0 Å². The van der Waals surface area contributed by atoms with Gasteiger partial charge in [-0.2, -0.15) is 0 Å². The SMILES string of the molecule is O=C(Cc1cccs1)Oc1ccc2c(c1)O/C(=C\c1cc(Cl)cc3c1OCOC3)C2=O. The van der Waals surface area contributed by atoms with Crippen molar-refractivity contribution in [3.05, 3.63) is 80.2 Å². The molecule has 0 fully saturated rings. The van der Waals surface area contributed by atoms with Crippen LogP contribution in [0.1, 0.15) is 26.4 Å². The topological polar surface area (TPSA) is 71.1 Å². The van der Waals surface area contributed by atoms with Crippen LogP contribution in [0.2, 0.25) is 5.02 Å². The van der Waals surface area contributed by atoms with Crippen molar-refractivity contribution in [2.24, 2.45) is 0 Å². The standard InChI is InChI=1S/C23H15ClO6S/c24-15-6-13(23-14(7-15)11-27-12-28-23)8-20-22(26)18-4-3-16(9-19(18)30-20)29-21(25)10-17-2-1-5-31-17/h1-9H,10-12H2/b20-8-. The minimum Gasteiger partial charge on any atom is -0.467 e. The average Bonchev–Trinajstić information content (AvgIpc) is 3.36. The quantitative estimate of drug-likeness (QED) is 0.313. The molecule has 0 saturated carbocycles. The molecule has 0 aliphatic carbocycles. The number of rotatable bonds is 4. The lowest BCUT2D eigenvalue weighted by Gasteiger charge is -2.20. The number of carbonyl (C=O) groups excluding carboxylic acids is 2. The minimum atomic E-state index is -0.382. The van der Waals surface area contributed by atoms with E-state index in [9.17, 15) is 9.59 Å². The molecule has 3 aromatic rings. The zero-order valence-corrected chi connectivity index (χ0v) is 17.6. The number of ether oxygens (including phenoxy) is 4. The summed E-state index contributed by atoms with van der Waals surface area (Å²) in [5.41, 5.74) is 1.82. The predicted molar refractivity (Wildman–Crippen MR) is 115 cm³/mol. The van der Waals surface area contributed by atoms with E-state index in [0.717, 1.165) is 10.4 Å². The number of thiophene rings is 1. The van der Waals surface area contributed by atoms with Gasteiger partial charge in [-0.15, -0.1) is 11.3 Å². The van der Waals surface area contributed by atoms with E-state index in [-0.39, 0.29) is 30.7 Å². The molecule has 8 heteroatoms. The maximum absolute atomic E-state index is 12.8. The van der Waals surface area contributed by atoms with Gasteiger partial charge in [0.15, 0.2) is 12.6 Å². The second-order valence-corrected chi connectivity index (χ2v) is 8.39. The Labute approximate surface area is 186 Å². The average molecular weight is 455 g/mol. The smallest absolute Gasteiger partial charge is 0.316 e. The van der Waals surface area contributed by atoms with Crippen LogP contribution >= 0.6 is 22.9 Å². The highest BCUT2D eigenvalue weighted by atomic mass is 35.5. The molecule has 0 amide bonds. The third-order valence-electron chi connectivity index (χ3n) is 4.76. The second-order valence-electron chi connectivity index (χ2n) is 6.92. The Morgan fingerprint density at radius 3 is 2.97 bits per heavy atom. The van der Waals surface area contributed by atoms with Gasteiger partial charge in [-0.25, -0.2) is 0 Å². The third kappa shape index (κ3) is 4.07. The van der Waals surface area contributed by atoms with Gasteiger partial charge in [0, 0.05) is 27.1 Å². The van der Waals surface area contributed by atoms with Crippen LogP contribution in [-0.4, -0.2) is 18.5 Å². The zero-order valence-electron chi connectivity index (χ0n) is 16.1. The number of fused-ring (bicyclic) bond motifs is 2. The van der Waals surface area contributed by atoms with Crippen molar-refractivity contribution in [1.29, 1.82) is 0 Å². The van der Waals surface area contributed by atoms with Crippen LogP contribution in [0.4, 0.5) is 0 Å². The van der Waals surface area contributed by atoms with E-state index in [1.165, 1.54) is 17.4 Å². The number of hydrogen-bond acceptors (Lipinski definition) is 7. The fraction of sp³-hybridized carbons (Fsp3) is 0.130. The number of hydrogen-bond donors (Lipinski definition) is 0. The van der Waals surface area contributed by atoms with Crippen LogP contribution in [0.3, 0.4) is 0 Å². The van der Waals surface area contributed by atoms with Crippen molar-refractivity contribution in [3.63, 3.8) is 0 Å². The van der Waals surface area contributed by atoms with Crippen LogP contribution in [0.5, 0.6) is 17.2 Å². The summed E-state index contributed by atoms with van der Waals surface area (Å²) in [4.78, 5) is 25.9. The fourth-order valence-corrected chi connectivity index (χ4v) is 4.35. The molecule has 31 heavy (non-hydrogen) atoms. The number of benzene rings is 2. The fourth-order valence-electron chi connectivity index (χ4n) is 3.41. The highest BCUT2D eigenvalue weighted by molar-refractivity contribution is 7.10. The second kappa shape index (κ2) is 8.19. The summed E-state index contributed by atoms with van der Waals surface area (Å²) in [6.07, 6.45) is 1.78. The molecular weight excluding hydrogens is 440 g/mol. The summed E-state index contributed by atoms with van der Waals surface area (Å²) >= 11 is 7.69. The Hall–Kier alpha value is -3.13. The lowest BCUT2D eigenvalue weighted by atomic mass is 10.1. The molecule has 1 aromatic heterocycles. The van der Waals surface area contributed by atoms with Crippen LogP contribution in [0.25, 0.3) is 6.08 Å². The molecule has 0 bridgehead atoms. The van der Waals surface area contributed by atoms with Crippen molar-refractivity contribution >= 4 is 40.8 Å². The van der Waals surface area contributed by atoms with Crippen LogP contribution in [0.15, 0.2) is 53.6 Å². The number of allylic oxidation sites excluding steroid dienone is 1. The molecule has 5 rings (SSSR count). The summed E-state index contributed by atoms with van der Waals surface area (Å²) in [6.45, 7) is 0.501. The van der Waals surface area contributed by atoms with Crippen LogP contribution in [-0.2, 0) is 22.6 Å². The van der Waals surface area contributed by atoms with Crippen LogP contribution in [0, 0.1) is 0 Å². The highest BCUT2D eigenvalue weighted by Gasteiger charge is 2.29. The van der Waals surface area contributed by atoms with E-state index in [4.69, 9.17) is 30.5 Å². The molecule has 6 nitrogen and oxygen atoms in total. The van der Waals surface area contributed by atoms with E-state index < -0.39 is 0 Å². The van der Waals surface area contributed by atoms with Crippen molar-refractivity contribution in [1.82, 2.24) is 0 Å². The molecule has 2 aliphatic rings. The number of carbonyl (C=O) groups is 2. The van der Waals surface area contributed by atoms with Gasteiger partial charge in [-0.1, -0.05) is 17.7 Å². The molecule has 0 spiro atoms. The van der Waals surface area contributed by atoms with Gasteiger partial charge in [0.25, 0.3) is 0 Å². The molecule has 3 heterocycles. The lowest BCUT2D eigenvalue weighted by molar-refractivity contribution is -0.133. The van der Waals surface area contributed by atoms with Crippen molar-refractivity contribution < 1.29 is 28.5 Å². The first kappa shape index (κ1) is 19.8. The molecule has 0 unspecified atom stereocenters. The monoisotopic (exact) mass is 454 g/mol. The predicted octanol–water partition coefficient (Wildman–Crippen LogP) is 5.03. The molecular formula is C23H15ClO6S. The van der Waals surface area contributed by atoms with Crippen molar-refractivity contribution in [2.45, 2.75) is 13.0 Å². The Bertz CT molecular complexity index is 1220. The first-order chi connectivity index (χ1) is 15.1. The van der Waals surface area contributed by atoms with Gasteiger partial charge in [-0.05, 0) is 41.8 Å². The Morgan fingerprint density at radius 1 is 1.23 bits per heavy atom. The zero-order chi connectivity index (χ0) is 21.4. The summed E-state index contributed by atoms with van der Waals surface area (Å²) in [6, 6.07) is 11.9. The van der Waals surface area contributed by atoms with Gasteiger partial charge in [-0.3, -0.25) is 9.59 Å². The van der Waals surface area contributed by atoms with Gasteiger partial charge >= 0.3 is 5.97 Å². The first-order valence-electron chi connectivity index (χ1n) is 9.41. The molecule has 0 saturated heterocycles. The normalized spacial score (nSPS) is 15.8. The lowest BCUT2D eigenvalue weighted by Crippen LogP contribution is -2.12. The maximum atomic E-state index is 12.8. The number of esters is 1. The van der Waals surface area contributed by atoms with E-state index in [1.807, 2.05) is 17.5 Å². The van der Waals surface area contributed by atoms with E-state index >= 15 is 0 Å².